The quantitative estimate of drug-likeness (QED) is 0.635. The second-order valence-electron chi connectivity index (χ2n) is 8.47. The molecule has 162 valence electrons. The first-order valence-corrected chi connectivity index (χ1v) is 10.7. The van der Waals surface area contributed by atoms with E-state index in [2.05, 4.69) is 15.3 Å². The number of fused-ring (bicyclic) bond motifs is 1. The number of rotatable bonds is 4. The molecular weight excluding hydrogens is 398 g/mol. The Morgan fingerprint density at radius 3 is 2.32 bits per heavy atom. The van der Waals surface area contributed by atoms with Gasteiger partial charge in [-0.3, -0.25) is 9.59 Å². The molecule has 2 amide bonds. The van der Waals surface area contributed by atoms with Crippen LogP contribution in [0.15, 0.2) is 15.1 Å². The standard InChI is InChI=1S/C22H25N5O4/c1-12-16(14(3)30-24-12)11-19(28)26-6-8-27(9-7-26)22(29)17-10-18(15-4-5-15)23-21-20(17)13(2)25-31-21/h10,15H,4-9,11H2,1-3H3. The van der Waals surface area contributed by atoms with Gasteiger partial charge in [-0.1, -0.05) is 10.3 Å². The largest absolute Gasteiger partial charge is 0.361 e. The van der Waals surface area contributed by atoms with Crippen molar-refractivity contribution < 1.29 is 18.6 Å². The molecule has 0 aromatic carbocycles. The summed E-state index contributed by atoms with van der Waals surface area (Å²) < 4.78 is 10.5. The van der Waals surface area contributed by atoms with E-state index in [1.807, 2.05) is 26.8 Å². The fourth-order valence-electron chi connectivity index (χ4n) is 4.22. The van der Waals surface area contributed by atoms with Gasteiger partial charge in [0.05, 0.1) is 28.8 Å². The topological polar surface area (TPSA) is 106 Å². The van der Waals surface area contributed by atoms with Gasteiger partial charge in [-0.2, -0.15) is 0 Å². The van der Waals surface area contributed by atoms with Gasteiger partial charge in [0.15, 0.2) is 0 Å². The van der Waals surface area contributed by atoms with Gasteiger partial charge in [-0.15, -0.1) is 0 Å². The van der Waals surface area contributed by atoms with Gasteiger partial charge in [0.1, 0.15) is 5.76 Å². The molecule has 1 aliphatic heterocycles. The Bertz CT molecular complexity index is 1150. The molecule has 1 saturated heterocycles. The second-order valence-corrected chi connectivity index (χ2v) is 8.47. The molecule has 0 radical (unpaired) electrons. The van der Waals surface area contributed by atoms with Gasteiger partial charge >= 0.3 is 0 Å². The minimum absolute atomic E-state index is 0.0266. The summed E-state index contributed by atoms with van der Waals surface area (Å²) in [6.45, 7) is 7.45. The van der Waals surface area contributed by atoms with E-state index >= 15 is 0 Å². The third-order valence-corrected chi connectivity index (χ3v) is 6.29. The normalized spacial score (nSPS) is 16.9. The first-order valence-electron chi connectivity index (χ1n) is 10.7. The molecule has 2 aliphatic rings. The average Bonchev–Trinajstić information content (AvgIpc) is 3.50. The van der Waals surface area contributed by atoms with Crippen molar-refractivity contribution in [3.63, 3.8) is 0 Å². The van der Waals surface area contributed by atoms with Crippen LogP contribution in [0.1, 0.15) is 57.5 Å². The molecule has 3 aromatic heterocycles. The van der Waals surface area contributed by atoms with Crippen LogP contribution in [0.25, 0.3) is 11.1 Å². The maximum atomic E-state index is 13.4. The summed E-state index contributed by atoms with van der Waals surface area (Å²) in [5.74, 6) is 1.05. The zero-order valence-electron chi connectivity index (χ0n) is 18.0. The van der Waals surface area contributed by atoms with Crippen molar-refractivity contribution in [2.75, 3.05) is 26.2 Å². The van der Waals surface area contributed by atoms with Crippen molar-refractivity contribution in [2.45, 2.75) is 46.0 Å². The van der Waals surface area contributed by atoms with E-state index in [0.717, 1.165) is 29.8 Å². The van der Waals surface area contributed by atoms with Crippen molar-refractivity contribution in [3.05, 3.63) is 40.0 Å². The lowest BCUT2D eigenvalue weighted by atomic mass is 10.1. The first-order chi connectivity index (χ1) is 14.9. The van der Waals surface area contributed by atoms with E-state index in [1.54, 1.807) is 9.80 Å². The summed E-state index contributed by atoms with van der Waals surface area (Å²) in [5.41, 5.74) is 4.19. The Kier molecular flexibility index (Phi) is 4.75. The summed E-state index contributed by atoms with van der Waals surface area (Å²) >= 11 is 0. The van der Waals surface area contributed by atoms with Crippen molar-refractivity contribution >= 4 is 22.9 Å². The van der Waals surface area contributed by atoms with Crippen LogP contribution in [0.4, 0.5) is 0 Å². The van der Waals surface area contributed by atoms with Gasteiger partial charge in [-0.05, 0) is 39.7 Å². The number of aromatic nitrogens is 3. The molecule has 9 heteroatoms. The lowest BCUT2D eigenvalue weighted by molar-refractivity contribution is -0.131. The Morgan fingerprint density at radius 1 is 1.00 bits per heavy atom. The highest BCUT2D eigenvalue weighted by molar-refractivity contribution is 6.06. The molecule has 0 unspecified atom stereocenters. The highest BCUT2D eigenvalue weighted by Gasteiger charge is 2.31. The molecule has 4 heterocycles. The summed E-state index contributed by atoms with van der Waals surface area (Å²) in [6, 6.07) is 1.90. The number of carbonyl (C=O) groups is 2. The van der Waals surface area contributed by atoms with Crippen LogP contribution in [-0.4, -0.2) is 63.1 Å². The molecule has 1 aliphatic carbocycles. The number of pyridine rings is 1. The zero-order chi connectivity index (χ0) is 21.7. The Balaban J connectivity index is 1.30. The summed E-state index contributed by atoms with van der Waals surface area (Å²) in [6.07, 6.45) is 2.45. The first kappa shape index (κ1) is 19.7. The summed E-state index contributed by atoms with van der Waals surface area (Å²) in [7, 11) is 0. The lowest BCUT2D eigenvalue weighted by Gasteiger charge is -2.35. The third kappa shape index (κ3) is 3.58. The fourth-order valence-corrected chi connectivity index (χ4v) is 4.22. The number of aryl methyl sites for hydroxylation is 3. The highest BCUT2D eigenvalue weighted by Crippen LogP contribution is 2.40. The van der Waals surface area contributed by atoms with E-state index in [0.29, 0.717) is 60.2 Å². The molecular formula is C22H25N5O4. The molecule has 0 N–H and O–H groups in total. The van der Waals surface area contributed by atoms with Crippen LogP contribution in [0.5, 0.6) is 0 Å². The number of amides is 2. The van der Waals surface area contributed by atoms with E-state index < -0.39 is 0 Å². The zero-order valence-corrected chi connectivity index (χ0v) is 18.0. The SMILES string of the molecule is Cc1noc(C)c1CC(=O)N1CCN(C(=O)c2cc(C3CC3)nc3onc(C)c23)CC1. The predicted octanol–water partition coefficient (Wildman–Crippen LogP) is 2.54. The number of piperazine rings is 1. The molecule has 31 heavy (non-hydrogen) atoms. The molecule has 0 bridgehead atoms. The van der Waals surface area contributed by atoms with Gasteiger partial charge in [-0.25, -0.2) is 4.98 Å². The highest BCUT2D eigenvalue weighted by atomic mass is 16.5. The van der Waals surface area contributed by atoms with Crippen molar-refractivity contribution in [2.24, 2.45) is 0 Å². The smallest absolute Gasteiger partial charge is 0.259 e. The van der Waals surface area contributed by atoms with Crippen molar-refractivity contribution in [3.8, 4) is 0 Å². The maximum Gasteiger partial charge on any atom is 0.259 e. The summed E-state index contributed by atoms with van der Waals surface area (Å²) in [4.78, 5) is 34.3. The molecule has 5 rings (SSSR count). The van der Waals surface area contributed by atoms with E-state index in [9.17, 15) is 9.59 Å². The van der Waals surface area contributed by atoms with Crippen LogP contribution in [0.3, 0.4) is 0 Å². The average molecular weight is 423 g/mol. The van der Waals surface area contributed by atoms with Crippen LogP contribution in [-0.2, 0) is 11.2 Å². The molecule has 9 nitrogen and oxygen atoms in total. The molecule has 0 spiro atoms. The van der Waals surface area contributed by atoms with Crippen molar-refractivity contribution in [1.29, 1.82) is 0 Å². The van der Waals surface area contributed by atoms with Crippen LogP contribution in [0, 0.1) is 20.8 Å². The molecule has 0 atom stereocenters. The van der Waals surface area contributed by atoms with Gasteiger partial charge < -0.3 is 18.8 Å². The summed E-state index contributed by atoms with van der Waals surface area (Å²) in [5, 5.41) is 8.62. The number of carbonyl (C=O) groups excluding carboxylic acids is 2. The Labute approximate surface area is 179 Å². The molecule has 1 saturated carbocycles. The van der Waals surface area contributed by atoms with Gasteiger partial charge in [0.2, 0.25) is 5.91 Å². The maximum absolute atomic E-state index is 13.4. The monoisotopic (exact) mass is 423 g/mol. The number of nitrogens with zero attached hydrogens (tertiary/aromatic N) is 5. The molecule has 3 aromatic rings. The number of hydrogen-bond acceptors (Lipinski definition) is 7. The second kappa shape index (κ2) is 7.47. The third-order valence-electron chi connectivity index (χ3n) is 6.29. The fraction of sp³-hybridized carbons (Fsp3) is 0.500. The van der Waals surface area contributed by atoms with Crippen molar-refractivity contribution in [1.82, 2.24) is 25.1 Å². The van der Waals surface area contributed by atoms with Crippen LogP contribution < -0.4 is 0 Å². The Hall–Kier alpha value is -3.23. The van der Waals surface area contributed by atoms with Crippen LogP contribution in [0.2, 0.25) is 0 Å². The predicted molar refractivity (Wildman–Crippen MR) is 111 cm³/mol. The van der Waals surface area contributed by atoms with E-state index in [4.69, 9.17) is 9.05 Å². The van der Waals surface area contributed by atoms with E-state index in [-0.39, 0.29) is 18.2 Å². The Morgan fingerprint density at radius 2 is 1.68 bits per heavy atom. The lowest BCUT2D eigenvalue weighted by Crippen LogP contribution is -2.51. The van der Waals surface area contributed by atoms with Gasteiger partial charge in [0.25, 0.3) is 11.6 Å². The van der Waals surface area contributed by atoms with Gasteiger partial charge in [0, 0.05) is 43.4 Å². The minimum Gasteiger partial charge on any atom is -0.361 e. The molecule has 2 fully saturated rings. The van der Waals surface area contributed by atoms with Crippen LogP contribution >= 0.6 is 0 Å². The number of hydrogen-bond donors (Lipinski definition) is 0. The minimum atomic E-state index is -0.0570. The van der Waals surface area contributed by atoms with E-state index in [1.165, 1.54) is 0 Å².